The van der Waals surface area contributed by atoms with Crippen LogP contribution in [-0.2, 0) is 0 Å². The van der Waals surface area contributed by atoms with E-state index in [4.69, 9.17) is 5.26 Å². The topological polar surface area (TPSA) is 27.0 Å². The molecule has 0 unspecified atom stereocenters. The van der Waals surface area contributed by atoms with E-state index in [9.17, 15) is 0 Å². The van der Waals surface area contributed by atoms with Crippen molar-refractivity contribution in [3.8, 4) is 6.07 Å². The zero-order chi connectivity index (χ0) is 10.6. The molecule has 0 amide bonds. The molecule has 0 bridgehead atoms. The van der Waals surface area contributed by atoms with Gasteiger partial charge in [0.25, 0.3) is 0 Å². The maximum Gasteiger partial charge on any atom is 0.0868 e. The third kappa shape index (κ3) is 3.67. The van der Waals surface area contributed by atoms with Crippen LogP contribution in [0.2, 0.25) is 0 Å². The molecule has 1 saturated heterocycles. The lowest BCUT2D eigenvalue weighted by molar-refractivity contribution is 0.124. The zero-order valence-corrected chi connectivity index (χ0v) is 9.71. The first-order valence-electron chi connectivity index (χ1n) is 5.64. The first-order valence-corrected chi connectivity index (χ1v) is 5.64. The molecule has 1 heterocycles. The van der Waals surface area contributed by atoms with Gasteiger partial charge in [-0.05, 0) is 31.2 Å². The van der Waals surface area contributed by atoms with Gasteiger partial charge in [0.1, 0.15) is 0 Å². The van der Waals surface area contributed by atoms with Crippen molar-refractivity contribution in [3.63, 3.8) is 0 Å². The lowest BCUT2D eigenvalue weighted by Crippen LogP contribution is -2.41. The SMILES string of the molecule is CC(C)(C)C[C@@H]1CCCCN1CC#N. The highest BCUT2D eigenvalue weighted by atomic mass is 15.2. The molecular formula is C12H22N2. The highest BCUT2D eigenvalue weighted by molar-refractivity contribution is 4.86. The molecule has 0 saturated carbocycles. The lowest BCUT2D eigenvalue weighted by atomic mass is 9.84. The summed E-state index contributed by atoms with van der Waals surface area (Å²) in [6.45, 7) is 8.58. The van der Waals surface area contributed by atoms with E-state index in [2.05, 4.69) is 31.7 Å². The normalized spacial score (nSPS) is 24.6. The van der Waals surface area contributed by atoms with Crippen LogP contribution in [0.4, 0.5) is 0 Å². The Morgan fingerprint density at radius 2 is 2.07 bits per heavy atom. The van der Waals surface area contributed by atoms with Crippen molar-refractivity contribution in [2.75, 3.05) is 13.1 Å². The van der Waals surface area contributed by atoms with Gasteiger partial charge in [0, 0.05) is 6.04 Å². The van der Waals surface area contributed by atoms with Crippen LogP contribution in [0.1, 0.15) is 46.5 Å². The van der Waals surface area contributed by atoms with Gasteiger partial charge in [0.05, 0.1) is 12.6 Å². The third-order valence-corrected chi connectivity index (χ3v) is 2.87. The van der Waals surface area contributed by atoms with E-state index in [1.54, 1.807) is 0 Å². The van der Waals surface area contributed by atoms with Crippen molar-refractivity contribution in [3.05, 3.63) is 0 Å². The van der Waals surface area contributed by atoms with Gasteiger partial charge < -0.3 is 0 Å². The summed E-state index contributed by atoms with van der Waals surface area (Å²) in [6.07, 6.45) is 5.10. The fourth-order valence-electron chi connectivity index (χ4n) is 2.30. The quantitative estimate of drug-likeness (QED) is 0.632. The smallest absolute Gasteiger partial charge is 0.0868 e. The van der Waals surface area contributed by atoms with Crippen LogP contribution in [0.25, 0.3) is 0 Å². The van der Waals surface area contributed by atoms with Crippen LogP contribution >= 0.6 is 0 Å². The molecule has 1 fully saturated rings. The van der Waals surface area contributed by atoms with Gasteiger partial charge in [-0.15, -0.1) is 0 Å². The Bertz CT molecular complexity index is 209. The molecule has 0 aliphatic carbocycles. The molecule has 0 aromatic heterocycles. The summed E-state index contributed by atoms with van der Waals surface area (Å²) in [6, 6.07) is 2.92. The molecule has 2 nitrogen and oxygen atoms in total. The van der Waals surface area contributed by atoms with E-state index < -0.39 is 0 Å². The second-order valence-corrected chi connectivity index (χ2v) is 5.54. The first-order chi connectivity index (χ1) is 6.53. The van der Waals surface area contributed by atoms with E-state index in [0.29, 0.717) is 18.0 Å². The van der Waals surface area contributed by atoms with Crippen molar-refractivity contribution in [2.45, 2.75) is 52.5 Å². The highest BCUT2D eigenvalue weighted by Crippen LogP contribution is 2.28. The molecule has 1 aliphatic rings. The number of nitrogens with zero attached hydrogens (tertiary/aromatic N) is 2. The minimum atomic E-state index is 0.385. The predicted octanol–water partition coefficient (Wildman–Crippen LogP) is 2.80. The van der Waals surface area contributed by atoms with Crippen molar-refractivity contribution in [1.82, 2.24) is 4.90 Å². The van der Waals surface area contributed by atoms with Gasteiger partial charge in [0.15, 0.2) is 0 Å². The number of hydrogen-bond donors (Lipinski definition) is 0. The molecule has 0 aromatic carbocycles. The van der Waals surface area contributed by atoms with E-state index in [-0.39, 0.29) is 0 Å². The average molecular weight is 194 g/mol. The summed E-state index contributed by atoms with van der Waals surface area (Å²) in [5, 5.41) is 8.74. The van der Waals surface area contributed by atoms with Gasteiger partial charge >= 0.3 is 0 Å². The fraction of sp³-hybridized carbons (Fsp3) is 0.917. The van der Waals surface area contributed by atoms with Crippen molar-refractivity contribution in [2.24, 2.45) is 5.41 Å². The summed E-state index contributed by atoms with van der Waals surface area (Å²) in [5.74, 6) is 0. The van der Waals surface area contributed by atoms with Crippen LogP contribution < -0.4 is 0 Å². The van der Waals surface area contributed by atoms with Gasteiger partial charge in [-0.1, -0.05) is 27.2 Å². The summed E-state index contributed by atoms with van der Waals surface area (Å²) in [4.78, 5) is 2.36. The molecule has 14 heavy (non-hydrogen) atoms. The van der Waals surface area contributed by atoms with E-state index in [0.717, 1.165) is 6.54 Å². The monoisotopic (exact) mass is 194 g/mol. The maximum atomic E-state index is 8.74. The minimum absolute atomic E-state index is 0.385. The highest BCUT2D eigenvalue weighted by Gasteiger charge is 2.26. The van der Waals surface area contributed by atoms with Gasteiger partial charge in [0.2, 0.25) is 0 Å². The second-order valence-electron chi connectivity index (χ2n) is 5.54. The molecule has 1 rings (SSSR count). The lowest BCUT2D eigenvalue weighted by Gasteiger charge is -2.37. The molecular weight excluding hydrogens is 172 g/mol. The minimum Gasteiger partial charge on any atom is -0.288 e. The third-order valence-electron chi connectivity index (χ3n) is 2.87. The van der Waals surface area contributed by atoms with Crippen LogP contribution in [0.3, 0.4) is 0 Å². The fourth-order valence-corrected chi connectivity index (χ4v) is 2.30. The summed E-state index contributed by atoms with van der Waals surface area (Å²) >= 11 is 0. The van der Waals surface area contributed by atoms with E-state index >= 15 is 0 Å². The molecule has 2 heteroatoms. The van der Waals surface area contributed by atoms with Gasteiger partial charge in [-0.3, -0.25) is 4.90 Å². The predicted molar refractivity (Wildman–Crippen MR) is 58.9 cm³/mol. The van der Waals surface area contributed by atoms with E-state index in [1.807, 2.05) is 0 Å². The summed E-state index contributed by atoms with van der Waals surface area (Å²) < 4.78 is 0. The van der Waals surface area contributed by atoms with Crippen LogP contribution in [-0.4, -0.2) is 24.0 Å². The van der Waals surface area contributed by atoms with Crippen molar-refractivity contribution in [1.29, 1.82) is 5.26 Å². The second kappa shape index (κ2) is 4.79. The van der Waals surface area contributed by atoms with Gasteiger partial charge in [-0.2, -0.15) is 5.26 Å². The number of likely N-dealkylation sites (tertiary alicyclic amines) is 1. The van der Waals surface area contributed by atoms with Crippen LogP contribution in [0.15, 0.2) is 0 Å². The van der Waals surface area contributed by atoms with Crippen molar-refractivity contribution >= 4 is 0 Å². The molecule has 0 aromatic rings. The molecule has 0 radical (unpaired) electrons. The zero-order valence-electron chi connectivity index (χ0n) is 9.71. The molecule has 1 atom stereocenters. The summed E-state index contributed by atoms with van der Waals surface area (Å²) in [5.41, 5.74) is 0.385. The standard InChI is InChI=1S/C12H22N2/c1-12(2,3)10-11-6-4-5-8-14(11)9-7-13/h11H,4-6,8-10H2,1-3H3/t11-/m0/s1. The summed E-state index contributed by atoms with van der Waals surface area (Å²) in [7, 11) is 0. The van der Waals surface area contributed by atoms with Crippen LogP contribution in [0, 0.1) is 16.7 Å². The molecule has 0 spiro atoms. The Morgan fingerprint density at radius 1 is 1.36 bits per heavy atom. The molecule has 0 N–H and O–H groups in total. The number of rotatable bonds is 2. The first kappa shape index (κ1) is 11.5. The number of nitriles is 1. The Balaban J connectivity index is 2.50. The molecule has 1 aliphatic heterocycles. The van der Waals surface area contributed by atoms with E-state index in [1.165, 1.54) is 25.7 Å². The van der Waals surface area contributed by atoms with Gasteiger partial charge in [-0.25, -0.2) is 0 Å². The Morgan fingerprint density at radius 3 is 2.64 bits per heavy atom. The Kier molecular flexibility index (Phi) is 3.95. The largest absolute Gasteiger partial charge is 0.288 e. The molecule has 80 valence electrons. The van der Waals surface area contributed by atoms with Crippen LogP contribution in [0.5, 0.6) is 0 Å². The number of hydrogen-bond acceptors (Lipinski definition) is 2. The Hall–Kier alpha value is -0.550. The maximum absolute atomic E-state index is 8.74. The average Bonchev–Trinajstić information content (AvgIpc) is 2.06. The van der Waals surface area contributed by atoms with Crippen molar-refractivity contribution < 1.29 is 0 Å². The Labute approximate surface area is 87.9 Å². The number of piperidine rings is 1.